The Morgan fingerprint density at radius 1 is 1.21 bits per heavy atom. The molecule has 142 valence electrons. The summed E-state index contributed by atoms with van der Waals surface area (Å²) in [5, 5.41) is 5.16. The first-order chi connectivity index (χ1) is 14.2. The van der Waals surface area contributed by atoms with Crippen molar-refractivity contribution in [3.05, 3.63) is 63.4 Å². The van der Waals surface area contributed by atoms with Gasteiger partial charge >= 0.3 is 6.03 Å². The number of terminal acetylenes is 1. The first-order valence-corrected chi connectivity index (χ1v) is 10.9. The summed E-state index contributed by atoms with van der Waals surface area (Å²) in [5.41, 5.74) is 7.79. The molecule has 0 radical (unpaired) electrons. The van der Waals surface area contributed by atoms with Gasteiger partial charge in [0, 0.05) is 24.0 Å². The fourth-order valence-electron chi connectivity index (χ4n) is 3.59. The van der Waals surface area contributed by atoms with Crippen LogP contribution in [-0.2, 0) is 13.0 Å². The molecule has 5 rings (SSSR count). The van der Waals surface area contributed by atoms with Gasteiger partial charge in [-0.3, -0.25) is 5.32 Å². The van der Waals surface area contributed by atoms with Gasteiger partial charge in [-0.05, 0) is 35.1 Å². The van der Waals surface area contributed by atoms with Crippen LogP contribution < -0.4 is 5.32 Å². The fourth-order valence-corrected chi connectivity index (χ4v) is 4.97. The van der Waals surface area contributed by atoms with Crippen molar-refractivity contribution in [2.45, 2.75) is 13.0 Å². The van der Waals surface area contributed by atoms with Gasteiger partial charge in [0.15, 0.2) is 5.01 Å². The Morgan fingerprint density at radius 3 is 3.00 bits per heavy atom. The summed E-state index contributed by atoms with van der Waals surface area (Å²) in [6, 6.07) is 12.6. The monoisotopic (exact) mass is 416 g/mol. The summed E-state index contributed by atoms with van der Waals surface area (Å²) >= 11 is 3.01. The second-order valence-corrected chi connectivity index (χ2v) is 8.49. The van der Waals surface area contributed by atoms with Gasteiger partial charge in [0.05, 0.1) is 15.7 Å². The molecule has 1 N–H and O–H groups in total. The van der Waals surface area contributed by atoms with Crippen LogP contribution in [0.4, 0.5) is 10.6 Å². The number of rotatable bonds is 2. The number of nitrogens with one attached hydrogen (secondary N) is 1. The predicted molar refractivity (Wildman–Crippen MR) is 118 cm³/mol. The maximum Gasteiger partial charge on any atom is 0.323 e. The maximum atomic E-state index is 12.6. The minimum Gasteiger partial charge on any atom is -0.320 e. The second kappa shape index (κ2) is 7.32. The van der Waals surface area contributed by atoms with Gasteiger partial charge in [-0.25, -0.2) is 14.8 Å². The van der Waals surface area contributed by atoms with Crippen molar-refractivity contribution in [1.82, 2.24) is 14.9 Å². The van der Waals surface area contributed by atoms with Gasteiger partial charge in [-0.2, -0.15) is 0 Å². The SMILES string of the molecule is C#Cc1nc(NC(=O)N2CCc3cc(-c4cccc5ncsc45)ccc3C2)cs1. The molecule has 0 spiro atoms. The zero-order valence-electron chi connectivity index (χ0n) is 15.4. The van der Waals surface area contributed by atoms with Crippen LogP contribution in [-0.4, -0.2) is 27.4 Å². The molecule has 0 saturated carbocycles. The minimum absolute atomic E-state index is 0.150. The van der Waals surface area contributed by atoms with E-state index in [0.717, 1.165) is 11.9 Å². The highest BCUT2D eigenvalue weighted by Crippen LogP contribution is 2.33. The largest absolute Gasteiger partial charge is 0.323 e. The van der Waals surface area contributed by atoms with Gasteiger partial charge in [0.25, 0.3) is 0 Å². The number of aromatic nitrogens is 2. The number of benzene rings is 2. The normalized spacial score (nSPS) is 13.1. The van der Waals surface area contributed by atoms with Crippen LogP contribution in [0.3, 0.4) is 0 Å². The van der Waals surface area contributed by atoms with Gasteiger partial charge in [0.2, 0.25) is 0 Å². The Kier molecular flexibility index (Phi) is 4.51. The molecule has 0 saturated heterocycles. The van der Waals surface area contributed by atoms with Gasteiger partial charge < -0.3 is 4.90 Å². The maximum absolute atomic E-state index is 12.6. The van der Waals surface area contributed by atoms with Gasteiger partial charge in [-0.1, -0.05) is 30.3 Å². The van der Waals surface area contributed by atoms with Crippen LogP contribution in [0.2, 0.25) is 0 Å². The molecule has 3 heterocycles. The summed E-state index contributed by atoms with van der Waals surface area (Å²) in [6.45, 7) is 1.25. The van der Waals surface area contributed by atoms with E-state index in [1.54, 1.807) is 21.6 Å². The van der Waals surface area contributed by atoms with E-state index >= 15 is 0 Å². The lowest BCUT2D eigenvalue weighted by Gasteiger charge is -2.29. The topological polar surface area (TPSA) is 58.1 Å². The number of urea groups is 1. The lowest BCUT2D eigenvalue weighted by molar-refractivity contribution is 0.206. The fraction of sp³-hybridized carbons (Fsp3) is 0.136. The second-order valence-electron chi connectivity index (χ2n) is 6.77. The summed E-state index contributed by atoms with van der Waals surface area (Å²) in [6.07, 6.45) is 6.16. The first kappa shape index (κ1) is 17.9. The Hall–Kier alpha value is -3.21. The van der Waals surface area contributed by atoms with Crippen molar-refractivity contribution in [3.8, 4) is 23.5 Å². The third-order valence-corrected chi connectivity index (χ3v) is 6.69. The zero-order valence-corrected chi connectivity index (χ0v) is 17.0. The first-order valence-electron chi connectivity index (χ1n) is 9.14. The van der Waals surface area contributed by atoms with E-state index in [1.807, 2.05) is 17.6 Å². The van der Waals surface area contributed by atoms with Gasteiger partial charge in [-0.15, -0.1) is 29.1 Å². The molecule has 2 aromatic heterocycles. The molecular formula is C22H16N4OS2. The minimum atomic E-state index is -0.150. The molecule has 2 amide bonds. The molecule has 1 aliphatic heterocycles. The van der Waals surface area contributed by atoms with Crippen molar-refractivity contribution in [3.63, 3.8) is 0 Å². The van der Waals surface area contributed by atoms with E-state index in [1.165, 1.54) is 38.3 Å². The molecule has 2 aromatic carbocycles. The molecule has 29 heavy (non-hydrogen) atoms. The Labute approximate surface area is 176 Å². The number of thiazole rings is 2. The Balaban J connectivity index is 1.36. The van der Waals surface area contributed by atoms with Crippen LogP contribution in [0.5, 0.6) is 0 Å². The van der Waals surface area contributed by atoms with Gasteiger partial charge in [0.1, 0.15) is 5.82 Å². The molecular weight excluding hydrogens is 400 g/mol. The van der Waals surface area contributed by atoms with Crippen molar-refractivity contribution in [1.29, 1.82) is 0 Å². The average Bonchev–Trinajstić information content (AvgIpc) is 3.42. The zero-order chi connectivity index (χ0) is 19.8. The highest BCUT2D eigenvalue weighted by Gasteiger charge is 2.22. The molecule has 7 heteroatoms. The van der Waals surface area contributed by atoms with Crippen LogP contribution in [0.15, 0.2) is 47.3 Å². The average molecular weight is 417 g/mol. The number of anilines is 1. The van der Waals surface area contributed by atoms with Crippen molar-refractivity contribution < 1.29 is 4.79 Å². The molecule has 0 unspecified atom stereocenters. The quantitative estimate of drug-likeness (QED) is 0.468. The van der Waals surface area contributed by atoms with Crippen LogP contribution in [0.25, 0.3) is 21.3 Å². The molecule has 0 bridgehead atoms. The third-order valence-electron chi connectivity index (χ3n) is 5.04. The summed E-state index contributed by atoms with van der Waals surface area (Å²) in [5.74, 6) is 2.99. The molecule has 5 nitrogen and oxygen atoms in total. The third kappa shape index (κ3) is 3.37. The van der Waals surface area contributed by atoms with Crippen LogP contribution in [0.1, 0.15) is 16.1 Å². The smallest absolute Gasteiger partial charge is 0.320 e. The highest BCUT2D eigenvalue weighted by molar-refractivity contribution is 7.17. The molecule has 1 aliphatic rings. The molecule has 4 aromatic rings. The van der Waals surface area contributed by atoms with E-state index in [9.17, 15) is 4.79 Å². The number of amides is 2. The number of fused-ring (bicyclic) bond motifs is 2. The number of carbonyl (C=O) groups is 1. The highest BCUT2D eigenvalue weighted by atomic mass is 32.1. The predicted octanol–water partition coefficient (Wildman–Crippen LogP) is 4.99. The van der Waals surface area contributed by atoms with Crippen molar-refractivity contribution in [2.24, 2.45) is 0 Å². The number of hydrogen-bond donors (Lipinski definition) is 1. The number of nitrogens with zero attached hydrogens (tertiary/aromatic N) is 3. The van der Waals surface area contributed by atoms with Crippen LogP contribution in [0, 0.1) is 12.3 Å². The Bertz CT molecular complexity index is 1270. The van der Waals surface area contributed by atoms with Crippen molar-refractivity contribution in [2.75, 3.05) is 11.9 Å². The van der Waals surface area contributed by atoms with E-state index in [4.69, 9.17) is 6.42 Å². The van der Waals surface area contributed by atoms with E-state index in [0.29, 0.717) is 23.9 Å². The van der Waals surface area contributed by atoms with E-state index in [-0.39, 0.29) is 6.03 Å². The van der Waals surface area contributed by atoms with Crippen molar-refractivity contribution >= 4 is 44.7 Å². The van der Waals surface area contributed by atoms with E-state index < -0.39 is 0 Å². The summed E-state index contributed by atoms with van der Waals surface area (Å²) in [7, 11) is 0. The molecule has 0 fully saturated rings. The Morgan fingerprint density at radius 2 is 2.14 bits per heavy atom. The van der Waals surface area contributed by atoms with E-state index in [2.05, 4.69) is 45.5 Å². The standard InChI is InChI=1S/C22H16N4OS2/c1-2-20-24-19(12-28-20)25-22(27)26-9-8-14-10-15(6-7-16(14)11-26)17-4-3-5-18-21(17)29-13-23-18/h1,3-7,10,12-13H,8-9,11H2,(H,25,27). The lowest BCUT2D eigenvalue weighted by atomic mass is 9.94. The number of carbonyl (C=O) groups excluding carboxylic acids is 1. The summed E-state index contributed by atoms with van der Waals surface area (Å²) in [4.78, 5) is 23.0. The lowest BCUT2D eigenvalue weighted by Crippen LogP contribution is -2.38. The summed E-state index contributed by atoms with van der Waals surface area (Å²) < 4.78 is 1.21. The molecule has 0 aliphatic carbocycles. The number of hydrogen-bond acceptors (Lipinski definition) is 5. The molecule has 0 atom stereocenters. The van der Waals surface area contributed by atoms with Crippen LogP contribution >= 0.6 is 22.7 Å².